The van der Waals surface area contributed by atoms with Crippen molar-refractivity contribution in [1.29, 1.82) is 0 Å². The van der Waals surface area contributed by atoms with Crippen molar-refractivity contribution in [3.8, 4) is 11.6 Å². The summed E-state index contributed by atoms with van der Waals surface area (Å²) in [6, 6.07) is 9.19. The van der Waals surface area contributed by atoms with Gasteiger partial charge in [0.15, 0.2) is 6.29 Å². The third-order valence-corrected chi connectivity index (χ3v) is 2.72. The van der Waals surface area contributed by atoms with Crippen molar-refractivity contribution in [1.82, 2.24) is 4.98 Å². The molecule has 0 spiro atoms. The third-order valence-electron chi connectivity index (χ3n) is 2.72. The summed E-state index contributed by atoms with van der Waals surface area (Å²) in [5, 5.41) is 0. The number of aryl methyl sites for hydroxylation is 1. The molecule has 1 aromatic heterocycles. The molecule has 0 atom stereocenters. The van der Waals surface area contributed by atoms with E-state index >= 15 is 0 Å². The second-order valence-electron chi connectivity index (χ2n) is 4.12. The van der Waals surface area contributed by atoms with Crippen molar-refractivity contribution in [3.63, 3.8) is 0 Å². The Bertz CT molecular complexity index is 581. The Balaban J connectivity index is 2.16. The normalized spacial score (nSPS) is 10.0. The first-order chi connectivity index (χ1) is 9.24. The molecular weight excluding hydrogens is 242 g/mol. The zero-order valence-electron chi connectivity index (χ0n) is 10.9. The zero-order chi connectivity index (χ0) is 13.7. The van der Waals surface area contributed by atoms with Gasteiger partial charge in [0.1, 0.15) is 12.4 Å². The molecule has 0 aliphatic heterocycles. The van der Waals surface area contributed by atoms with Crippen LogP contribution in [0.3, 0.4) is 0 Å². The Morgan fingerprint density at radius 3 is 2.89 bits per heavy atom. The fourth-order valence-electron chi connectivity index (χ4n) is 1.76. The van der Waals surface area contributed by atoms with Crippen molar-refractivity contribution in [2.45, 2.75) is 13.5 Å². The number of carbonyl (C=O) groups is 1. The van der Waals surface area contributed by atoms with Crippen LogP contribution in [0.2, 0.25) is 0 Å². The van der Waals surface area contributed by atoms with E-state index in [-0.39, 0.29) is 0 Å². The van der Waals surface area contributed by atoms with E-state index in [1.165, 1.54) is 0 Å². The summed E-state index contributed by atoms with van der Waals surface area (Å²) in [6.07, 6.45) is 2.45. The number of aromatic nitrogens is 1. The summed E-state index contributed by atoms with van der Waals surface area (Å²) in [4.78, 5) is 15.1. The molecule has 1 aromatic carbocycles. The smallest absolute Gasteiger partial charge is 0.219 e. The molecule has 0 fully saturated rings. The molecule has 0 aliphatic rings. The standard InChI is InChI=1S/C15H15NO3/c1-11-5-6-14(13(8-11)9-17)19-10-12-4-3-7-16-15(12)18-2/h3-9H,10H2,1-2H3. The lowest BCUT2D eigenvalue weighted by Gasteiger charge is -2.11. The summed E-state index contributed by atoms with van der Waals surface area (Å²) in [5.74, 6) is 1.09. The van der Waals surface area contributed by atoms with E-state index < -0.39 is 0 Å². The lowest BCUT2D eigenvalue weighted by atomic mass is 10.1. The van der Waals surface area contributed by atoms with Gasteiger partial charge in [0.25, 0.3) is 0 Å². The summed E-state index contributed by atoms with van der Waals surface area (Å²) in [6.45, 7) is 2.24. The van der Waals surface area contributed by atoms with E-state index in [0.717, 1.165) is 17.4 Å². The number of methoxy groups -OCH3 is 1. The first kappa shape index (κ1) is 13.1. The Kier molecular flexibility index (Phi) is 4.13. The largest absolute Gasteiger partial charge is 0.488 e. The molecule has 2 rings (SSSR count). The first-order valence-electron chi connectivity index (χ1n) is 5.91. The third kappa shape index (κ3) is 3.10. The molecule has 98 valence electrons. The Morgan fingerprint density at radius 2 is 2.16 bits per heavy atom. The molecule has 4 nitrogen and oxygen atoms in total. The van der Waals surface area contributed by atoms with Crippen molar-refractivity contribution < 1.29 is 14.3 Å². The maximum absolute atomic E-state index is 11.0. The number of hydrogen-bond acceptors (Lipinski definition) is 4. The highest BCUT2D eigenvalue weighted by molar-refractivity contribution is 5.79. The molecule has 0 radical (unpaired) electrons. The molecule has 4 heteroatoms. The van der Waals surface area contributed by atoms with E-state index in [1.807, 2.05) is 25.1 Å². The average molecular weight is 257 g/mol. The second-order valence-corrected chi connectivity index (χ2v) is 4.12. The predicted molar refractivity (Wildman–Crippen MR) is 71.7 cm³/mol. The number of rotatable bonds is 5. The fraction of sp³-hybridized carbons (Fsp3) is 0.200. The zero-order valence-corrected chi connectivity index (χ0v) is 10.9. The van der Waals surface area contributed by atoms with Gasteiger partial charge in [-0.15, -0.1) is 0 Å². The fourth-order valence-corrected chi connectivity index (χ4v) is 1.76. The maximum atomic E-state index is 11.0. The van der Waals surface area contributed by atoms with E-state index in [1.54, 1.807) is 25.4 Å². The molecular formula is C15H15NO3. The highest BCUT2D eigenvalue weighted by Crippen LogP contribution is 2.21. The van der Waals surface area contributed by atoms with Gasteiger partial charge in [-0.05, 0) is 31.2 Å². The molecule has 19 heavy (non-hydrogen) atoms. The monoisotopic (exact) mass is 257 g/mol. The van der Waals surface area contributed by atoms with Crippen molar-refractivity contribution in [3.05, 3.63) is 53.2 Å². The number of ether oxygens (including phenoxy) is 2. The van der Waals surface area contributed by atoms with Crippen LogP contribution in [0.5, 0.6) is 11.6 Å². The van der Waals surface area contributed by atoms with Gasteiger partial charge in [-0.25, -0.2) is 4.98 Å². The van der Waals surface area contributed by atoms with Gasteiger partial charge in [0.05, 0.1) is 18.2 Å². The summed E-state index contributed by atoms with van der Waals surface area (Å²) in [5.41, 5.74) is 2.40. The van der Waals surface area contributed by atoms with Gasteiger partial charge in [-0.2, -0.15) is 0 Å². The Labute approximate surface area is 112 Å². The van der Waals surface area contributed by atoms with Crippen LogP contribution in [0.25, 0.3) is 0 Å². The number of hydrogen-bond donors (Lipinski definition) is 0. The number of benzene rings is 1. The van der Waals surface area contributed by atoms with E-state index in [0.29, 0.717) is 23.8 Å². The molecule has 0 unspecified atom stereocenters. The molecule has 0 saturated carbocycles. The molecule has 1 heterocycles. The van der Waals surface area contributed by atoms with Crippen molar-refractivity contribution in [2.24, 2.45) is 0 Å². The van der Waals surface area contributed by atoms with Crippen molar-refractivity contribution in [2.75, 3.05) is 7.11 Å². The second kappa shape index (κ2) is 6.00. The summed E-state index contributed by atoms with van der Waals surface area (Å²) < 4.78 is 10.8. The lowest BCUT2D eigenvalue weighted by molar-refractivity contribution is 0.111. The van der Waals surface area contributed by atoms with Crippen LogP contribution in [0.4, 0.5) is 0 Å². The number of aldehydes is 1. The van der Waals surface area contributed by atoms with Gasteiger partial charge in [-0.3, -0.25) is 4.79 Å². The molecule has 0 N–H and O–H groups in total. The molecule has 0 amide bonds. The number of pyridine rings is 1. The van der Waals surface area contributed by atoms with Crippen LogP contribution < -0.4 is 9.47 Å². The lowest BCUT2D eigenvalue weighted by Crippen LogP contribution is -2.01. The van der Waals surface area contributed by atoms with Gasteiger partial charge < -0.3 is 9.47 Å². The highest BCUT2D eigenvalue weighted by Gasteiger charge is 2.07. The van der Waals surface area contributed by atoms with Crippen LogP contribution in [0, 0.1) is 6.92 Å². The van der Waals surface area contributed by atoms with Gasteiger partial charge in [0, 0.05) is 6.20 Å². The van der Waals surface area contributed by atoms with E-state index in [2.05, 4.69) is 4.98 Å². The van der Waals surface area contributed by atoms with E-state index in [9.17, 15) is 4.79 Å². The van der Waals surface area contributed by atoms with Crippen molar-refractivity contribution >= 4 is 6.29 Å². The first-order valence-corrected chi connectivity index (χ1v) is 5.91. The molecule has 0 aliphatic carbocycles. The van der Waals surface area contributed by atoms with Crippen LogP contribution in [0.15, 0.2) is 36.5 Å². The maximum Gasteiger partial charge on any atom is 0.219 e. The van der Waals surface area contributed by atoms with Crippen LogP contribution >= 0.6 is 0 Å². The van der Waals surface area contributed by atoms with Crippen LogP contribution in [-0.2, 0) is 6.61 Å². The van der Waals surface area contributed by atoms with Gasteiger partial charge in [-0.1, -0.05) is 11.6 Å². The minimum Gasteiger partial charge on any atom is -0.488 e. The minimum atomic E-state index is 0.306. The Hall–Kier alpha value is -2.36. The minimum absolute atomic E-state index is 0.306. The highest BCUT2D eigenvalue weighted by atomic mass is 16.5. The number of carbonyl (C=O) groups excluding carboxylic acids is 1. The van der Waals surface area contributed by atoms with Gasteiger partial charge >= 0.3 is 0 Å². The topological polar surface area (TPSA) is 48.4 Å². The number of nitrogens with zero attached hydrogens (tertiary/aromatic N) is 1. The summed E-state index contributed by atoms with van der Waals surface area (Å²) in [7, 11) is 1.56. The predicted octanol–water partition coefficient (Wildman–Crippen LogP) is 2.79. The van der Waals surface area contributed by atoms with Crippen LogP contribution in [0.1, 0.15) is 21.5 Å². The Morgan fingerprint density at radius 1 is 1.32 bits per heavy atom. The van der Waals surface area contributed by atoms with Gasteiger partial charge in [0.2, 0.25) is 5.88 Å². The molecule has 2 aromatic rings. The molecule has 0 saturated heterocycles. The molecule has 0 bridgehead atoms. The van der Waals surface area contributed by atoms with Crippen LogP contribution in [-0.4, -0.2) is 18.4 Å². The summed E-state index contributed by atoms with van der Waals surface area (Å²) >= 11 is 0. The van der Waals surface area contributed by atoms with E-state index in [4.69, 9.17) is 9.47 Å². The quantitative estimate of drug-likeness (QED) is 0.773. The SMILES string of the molecule is COc1ncccc1COc1ccc(C)cc1C=O. The average Bonchev–Trinajstić information content (AvgIpc) is 2.46.